The fourth-order valence-electron chi connectivity index (χ4n) is 2.95. The summed E-state index contributed by atoms with van der Waals surface area (Å²) in [4.78, 5) is 14.0. The van der Waals surface area contributed by atoms with E-state index in [1.807, 2.05) is 6.07 Å². The number of benzene rings is 1. The van der Waals surface area contributed by atoms with E-state index < -0.39 is 5.54 Å². The molecule has 110 valence electrons. The third kappa shape index (κ3) is 3.38. The number of rotatable bonds is 5. The molecule has 0 amide bonds. The molecule has 20 heavy (non-hydrogen) atoms. The van der Waals surface area contributed by atoms with Crippen LogP contribution in [0.3, 0.4) is 0 Å². The normalized spacial score (nSPS) is 25.9. The smallest absolute Gasteiger partial charge is 0.325 e. The van der Waals surface area contributed by atoms with Gasteiger partial charge in [-0.25, -0.2) is 0 Å². The second kappa shape index (κ2) is 6.37. The molecule has 0 saturated heterocycles. The summed E-state index contributed by atoms with van der Waals surface area (Å²) in [6.07, 6.45) is 3.37. The summed E-state index contributed by atoms with van der Waals surface area (Å²) in [5.41, 5.74) is 6.69. The van der Waals surface area contributed by atoms with E-state index in [0.717, 1.165) is 19.4 Å². The molecule has 2 unspecified atom stereocenters. The lowest BCUT2D eigenvalue weighted by Gasteiger charge is -2.26. The fraction of sp³-hybridized carbons (Fsp3) is 0.562. The number of hydrogen-bond acceptors (Lipinski definition) is 4. The molecule has 0 bridgehead atoms. The Balaban J connectivity index is 1.85. The molecule has 1 aromatic carbocycles. The van der Waals surface area contributed by atoms with E-state index in [1.165, 1.54) is 12.7 Å². The Morgan fingerprint density at radius 2 is 2.15 bits per heavy atom. The molecular formula is C16H24N2O2. The maximum absolute atomic E-state index is 11.7. The second-order valence-electron chi connectivity index (χ2n) is 5.76. The van der Waals surface area contributed by atoms with E-state index in [9.17, 15) is 4.79 Å². The first-order valence-corrected chi connectivity index (χ1v) is 7.16. The summed E-state index contributed by atoms with van der Waals surface area (Å²) in [6.45, 7) is 0.978. The fourth-order valence-corrected chi connectivity index (χ4v) is 2.95. The van der Waals surface area contributed by atoms with Crippen molar-refractivity contribution in [1.29, 1.82) is 0 Å². The van der Waals surface area contributed by atoms with Crippen LogP contribution in [0, 0.1) is 0 Å². The molecule has 1 fully saturated rings. The van der Waals surface area contributed by atoms with Gasteiger partial charge in [0.15, 0.2) is 0 Å². The van der Waals surface area contributed by atoms with Crippen molar-refractivity contribution < 1.29 is 9.53 Å². The quantitative estimate of drug-likeness (QED) is 0.830. The number of nitrogens with zero attached hydrogens (tertiary/aromatic N) is 1. The van der Waals surface area contributed by atoms with Gasteiger partial charge in [0.05, 0.1) is 7.11 Å². The third-order valence-corrected chi connectivity index (χ3v) is 4.33. The number of hydrogen-bond donors (Lipinski definition) is 1. The summed E-state index contributed by atoms with van der Waals surface area (Å²) < 4.78 is 4.81. The van der Waals surface area contributed by atoms with Gasteiger partial charge in [-0.05, 0) is 38.3 Å². The van der Waals surface area contributed by atoms with Gasteiger partial charge in [0.25, 0.3) is 0 Å². The van der Waals surface area contributed by atoms with Gasteiger partial charge in [-0.2, -0.15) is 0 Å². The Hall–Kier alpha value is -1.39. The average Bonchev–Trinajstić information content (AvgIpc) is 2.89. The summed E-state index contributed by atoms with van der Waals surface area (Å²) in [5, 5.41) is 0. The molecule has 0 spiro atoms. The highest BCUT2D eigenvalue weighted by Crippen LogP contribution is 2.31. The lowest BCUT2D eigenvalue weighted by molar-refractivity contribution is -0.146. The second-order valence-corrected chi connectivity index (χ2v) is 5.76. The zero-order valence-corrected chi connectivity index (χ0v) is 12.3. The van der Waals surface area contributed by atoms with Crippen LogP contribution in [0.1, 0.15) is 24.8 Å². The van der Waals surface area contributed by atoms with Crippen molar-refractivity contribution in [3.63, 3.8) is 0 Å². The molecule has 0 aromatic heterocycles. The van der Waals surface area contributed by atoms with E-state index in [2.05, 4.69) is 36.2 Å². The van der Waals surface area contributed by atoms with E-state index in [4.69, 9.17) is 10.5 Å². The maximum atomic E-state index is 11.7. The van der Waals surface area contributed by atoms with Gasteiger partial charge in [0.2, 0.25) is 0 Å². The molecule has 2 rings (SSSR count). The monoisotopic (exact) mass is 276 g/mol. The summed E-state index contributed by atoms with van der Waals surface area (Å²) >= 11 is 0. The van der Waals surface area contributed by atoms with Crippen LogP contribution >= 0.6 is 0 Å². The molecule has 4 nitrogen and oxygen atoms in total. The van der Waals surface area contributed by atoms with E-state index >= 15 is 0 Å². The molecule has 2 N–H and O–H groups in total. The molecule has 0 aliphatic heterocycles. The van der Waals surface area contributed by atoms with Crippen LogP contribution in [0.5, 0.6) is 0 Å². The van der Waals surface area contributed by atoms with Crippen LogP contribution < -0.4 is 5.73 Å². The molecule has 0 radical (unpaired) electrons. The number of methoxy groups -OCH3 is 1. The number of likely N-dealkylation sites (N-methyl/N-ethyl adjacent to an activating group) is 1. The first kappa shape index (κ1) is 15.0. The Labute approximate surface area is 120 Å². The SMILES string of the molecule is COC(=O)C1(N)CCC(N(C)CCc2ccccc2)C1. The number of ether oxygens (including phenoxy) is 1. The highest BCUT2D eigenvalue weighted by molar-refractivity contribution is 5.81. The first-order valence-electron chi connectivity index (χ1n) is 7.16. The molecule has 0 heterocycles. The van der Waals surface area contributed by atoms with Crippen molar-refractivity contribution in [1.82, 2.24) is 4.90 Å². The minimum absolute atomic E-state index is 0.281. The Kier molecular flexibility index (Phi) is 4.78. The van der Waals surface area contributed by atoms with Gasteiger partial charge < -0.3 is 15.4 Å². The highest BCUT2D eigenvalue weighted by Gasteiger charge is 2.43. The summed E-state index contributed by atoms with van der Waals surface area (Å²) in [5.74, 6) is -0.281. The Morgan fingerprint density at radius 1 is 1.45 bits per heavy atom. The number of carbonyl (C=O) groups excluding carboxylic acids is 1. The minimum atomic E-state index is -0.791. The van der Waals surface area contributed by atoms with Gasteiger partial charge in [-0.1, -0.05) is 30.3 Å². The largest absolute Gasteiger partial charge is 0.468 e. The molecule has 1 saturated carbocycles. The van der Waals surface area contributed by atoms with E-state index in [1.54, 1.807) is 0 Å². The minimum Gasteiger partial charge on any atom is -0.468 e. The zero-order chi connectivity index (χ0) is 14.6. The molecule has 4 heteroatoms. The topological polar surface area (TPSA) is 55.6 Å². The van der Waals surface area contributed by atoms with Crippen LogP contribution in [0.15, 0.2) is 30.3 Å². The molecular weight excluding hydrogens is 252 g/mol. The van der Waals surface area contributed by atoms with Crippen LogP contribution in [-0.4, -0.2) is 43.2 Å². The van der Waals surface area contributed by atoms with Crippen LogP contribution in [0.2, 0.25) is 0 Å². The predicted octanol–water partition coefficient (Wildman–Crippen LogP) is 1.58. The summed E-state index contributed by atoms with van der Waals surface area (Å²) in [7, 11) is 3.51. The molecule has 1 aliphatic rings. The van der Waals surface area contributed by atoms with Crippen molar-refractivity contribution in [2.45, 2.75) is 37.3 Å². The van der Waals surface area contributed by atoms with Crippen molar-refractivity contribution in [3.8, 4) is 0 Å². The molecule has 1 aliphatic carbocycles. The third-order valence-electron chi connectivity index (χ3n) is 4.33. The van der Waals surface area contributed by atoms with Crippen molar-refractivity contribution in [2.24, 2.45) is 5.73 Å². The van der Waals surface area contributed by atoms with Gasteiger partial charge >= 0.3 is 5.97 Å². The van der Waals surface area contributed by atoms with Crippen molar-refractivity contribution >= 4 is 5.97 Å². The van der Waals surface area contributed by atoms with Gasteiger partial charge in [0.1, 0.15) is 5.54 Å². The molecule has 2 atom stereocenters. The Bertz CT molecular complexity index is 449. The van der Waals surface area contributed by atoms with Gasteiger partial charge in [-0.3, -0.25) is 4.79 Å². The van der Waals surface area contributed by atoms with E-state index in [-0.39, 0.29) is 5.97 Å². The maximum Gasteiger partial charge on any atom is 0.325 e. The van der Waals surface area contributed by atoms with Gasteiger partial charge in [-0.15, -0.1) is 0 Å². The lowest BCUT2D eigenvalue weighted by Crippen LogP contribution is -2.47. The van der Waals surface area contributed by atoms with Crippen molar-refractivity contribution in [2.75, 3.05) is 20.7 Å². The average molecular weight is 276 g/mol. The van der Waals surface area contributed by atoms with E-state index in [0.29, 0.717) is 18.9 Å². The van der Waals surface area contributed by atoms with Gasteiger partial charge in [0, 0.05) is 12.6 Å². The standard InChI is InChI=1S/C16H24N2O2/c1-18(11-9-13-6-4-3-5-7-13)14-8-10-16(17,12-14)15(19)20-2/h3-7,14H,8-12,17H2,1-2H3. The van der Waals surface area contributed by atoms with Crippen molar-refractivity contribution in [3.05, 3.63) is 35.9 Å². The summed E-state index contributed by atoms with van der Waals surface area (Å²) in [6, 6.07) is 10.8. The van der Waals surface area contributed by atoms with Crippen LogP contribution in [0.4, 0.5) is 0 Å². The van der Waals surface area contributed by atoms with Crippen LogP contribution in [0.25, 0.3) is 0 Å². The van der Waals surface area contributed by atoms with Crippen LogP contribution in [-0.2, 0) is 16.0 Å². The Morgan fingerprint density at radius 3 is 2.80 bits per heavy atom. The lowest BCUT2D eigenvalue weighted by atomic mass is 9.99. The first-order chi connectivity index (χ1) is 9.55. The number of nitrogens with two attached hydrogens (primary N) is 1. The zero-order valence-electron chi connectivity index (χ0n) is 12.3. The number of carbonyl (C=O) groups is 1. The predicted molar refractivity (Wildman–Crippen MR) is 79.3 cm³/mol. The highest BCUT2D eigenvalue weighted by atomic mass is 16.5. The number of esters is 1. The molecule has 1 aromatic rings.